The third-order valence-electron chi connectivity index (χ3n) is 1.27. The summed E-state index contributed by atoms with van der Waals surface area (Å²) in [4.78, 5) is 0. The van der Waals surface area contributed by atoms with Crippen molar-refractivity contribution in [1.29, 1.82) is 0 Å². The van der Waals surface area contributed by atoms with Gasteiger partial charge in [0.05, 0.1) is 0 Å². The molecule has 42 valence electrons. The van der Waals surface area contributed by atoms with Crippen molar-refractivity contribution in [3.8, 4) is 0 Å². The maximum absolute atomic E-state index is 3.28. The van der Waals surface area contributed by atoms with Crippen LogP contribution >= 0.6 is 22.6 Å². The summed E-state index contributed by atoms with van der Waals surface area (Å²) >= 11 is 2.50. The molecule has 1 heterocycles. The molecule has 1 rings (SSSR count). The van der Waals surface area contributed by atoms with E-state index >= 15 is 0 Å². The van der Waals surface area contributed by atoms with Crippen LogP contribution in [0.25, 0.3) is 0 Å². The van der Waals surface area contributed by atoms with Crippen LogP contribution in [0.15, 0.2) is 0 Å². The van der Waals surface area contributed by atoms with Gasteiger partial charge in [-0.25, -0.2) is 0 Å². The maximum Gasteiger partial charge on any atom is 0.0311 e. The Hall–Kier alpha value is 0.690. The lowest BCUT2D eigenvalue weighted by Gasteiger charge is -1.98. The number of alkyl halides is 1. The van der Waals surface area contributed by atoms with Crippen molar-refractivity contribution >= 4 is 22.6 Å². The molecule has 2 atom stereocenters. The van der Waals surface area contributed by atoms with Gasteiger partial charge in [-0.2, -0.15) is 0 Å². The van der Waals surface area contributed by atoms with E-state index in [-0.39, 0.29) is 0 Å². The average Bonchev–Trinajstić information content (AvgIpc) is 2.44. The molecule has 0 amide bonds. The molecule has 2 heteroatoms. The highest BCUT2D eigenvalue weighted by molar-refractivity contribution is 14.1. The second-order valence-corrected chi connectivity index (χ2v) is 3.54. The van der Waals surface area contributed by atoms with Crippen molar-refractivity contribution in [1.82, 2.24) is 5.32 Å². The highest BCUT2D eigenvalue weighted by Crippen LogP contribution is 2.16. The number of rotatable bonds is 2. The normalized spacial score (nSPS) is 32.6. The summed E-state index contributed by atoms with van der Waals surface area (Å²) in [6, 6.07) is 0.852. The minimum Gasteiger partial charge on any atom is -0.310 e. The molecule has 1 saturated heterocycles. The van der Waals surface area contributed by atoms with E-state index in [1.165, 1.54) is 13.0 Å². The Bertz CT molecular complexity index is 61.1. The molecule has 1 N–H and O–H groups in total. The van der Waals surface area contributed by atoms with E-state index in [4.69, 9.17) is 0 Å². The molecule has 7 heavy (non-hydrogen) atoms. The largest absolute Gasteiger partial charge is 0.310 e. The third kappa shape index (κ3) is 1.57. The molecule has 0 aromatic rings. The predicted octanol–water partition coefficient (Wildman–Crippen LogP) is 1.17. The van der Waals surface area contributed by atoms with Crippen molar-refractivity contribution in [2.24, 2.45) is 0 Å². The summed E-state index contributed by atoms with van der Waals surface area (Å²) in [5, 5.41) is 3.28. The van der Waals surface area contributed by atoms with Crippen LogP contribution in [0.2, 0.25) is 0 Å². The number of halogens is 1. The van der Waals surface area contributed by atoms with E-state index in [0.717, 1.165) is 9.97 Å². The summed E-state index contributed by atoms with van der Waals surface area (Å²) in [7, 11) is 0. The first kappa shape index (κ1) is 5.82. The number of hydrogen-bond donors (Lipinski definition) is 1. The summed E-state index contributed by atoms with van der Waals surface area (Å²) in [5.41, 5.74) is 0. The van der Waals surface area contributed by atoms with Gasteiger partial charge in [-0.15, -0.1) is 0 Å². The van der Waals surface area contributed by atoms with Crippen LogP contribution in [0, 0.1) is 0 Å². The van der Waals surface area contributed by atoms with Gasteiger partial charge in [0.25, 0.3) is 0 Å². The van der Waals surface area contributed by atoms with Crippen molar-refractivity contribution < 1.29 is 0 Å². The third-order valence-corrected chi connectivity index (χ3v) is 3.02. The van der Waals surface area contributed by atoms with Crippen molar-refractivity contribution in [2.45, 2.75) is 23.3 Å². The van der Waals surface area contributed by atoms with Gasteiger partial charge in [-0.05, 0) is 6.42 Å². The van der Waals surface area contributed by atoms with Crippen LogP contribution in [-0.2, 0) is 0 Å². The predicted molar refractivity (Wildman–Crippen MR) is 39.9 cm³/mol. The molecule has 1 aliphatic heterocycles. The summed E-state index contributed by atoms with van der Waals surface area (Å²) in [6.07, 6.45) is 1.30. The van der Waals surface area contributed by atoms with Crippen LogP contribution in [0.3, 0.4) is 0 Å². The first-order valence-corrected chi connectivity index (χ1v) is 3.96. The van der Waals surface area contributed by atoms with Crippen molar-refractivity contribution in [3.63, 3.8) is 0 Å². The fraction of sp³-hybridized carbons (Fsp3) is 1.00. The minimum absolute atomic E-state index is 0.852. The van der Waals surface area contributed by atoms with Crippen LogP contribution in [-0.4, -0.2) is 16.5 Å². The van der Waals surface area contributed by atoms with Crippen molar-refractivity contribution in [2.75, 3.05) is 6.54 Å². The molecule has 0 saturated carbocycles. The zero-order valence-electron chi connectivity index (χ0n) is 4.45. The zero-order valence-corrected chi connectivity index (χ0v) is 6.60. The van der Waals surface area contributed by atoms with Gasteiger partial charge < -0.3 is 5.32 Å². The molecule has 0 bridgehead atoms. The Morgan fingerprint density at radius 2 is 2.57 bits per heavy atom. The fourth-order valence-electron chi connectivity index (χ4n) is 0.608. The molecule has 1 fully saturated rings. The molecule has 1 aliphatic rings. The molecule has 0 radical (unpaired) electrons. The first-order chi connectivity index (χ1) is 3.34. The molecular weight excluding hydrogens is 201 g/mol. The molecule has 0 aromatic heterocycles. The van der Waals surface area contributed by atoms with Gasteiger partial charge in [0, 0.05) is 16.5 Å². The molecule has 2 unspecified atom stereocenters. The average molecular weight is 211 g/mol. The van der Waals surface area contributed by atoms with Gasteiger partial charge in [0.1, 0.15) is 0 Å². The van der Waals surface area contributed by atoms with Crippen LogP contribution in [0.4, 0.5) is 0 Å². The van der Waals surface area contributed by atoms with Gasteiger partial charge in [0.15, 0.2) is 0 Å². The minimum atomic E-state index is 0.852. The molecule has 0 spiro atoms. The molecule has 1 nitrogen and oxygen atoms in total. The lowest BCUT2D eigenvalue weighted by Crippen LogP contribution is -2.06. The highest BCUT2D eigenvalue weighted by atomic mass is 127. The lowest BCUT2D eigenvalue weighted by atomic mass is 10.3. The Balaban J connectivity index is 2.10. The Morgan fingerprint density at radius 3 is 2.71 bits per heavy atom. The van der Waals surface area contributed by atoms with Gasteiger partial charge in [-0.1, -0.05) is 29.5 Å². The summed E-state index contributed by atoms with van der Waals surface area (Å²) in [6.45, 7) is 3.48. The molecule has 0 aromatic carbocycles. The Labute approximate surface area is 58.0 Å². The standard InChI is InChI=1S/C5H10IN/c1-2-4(6)5-3-7-5/h4-5,7H,2-3H2,1H3. The van der Waals surface area contributed by atoms with E-state index in [9.17, 15) is 0 Å². The van der Waals surface area contributed by atoms with Gasteiger partial charge in [0.2, 0.25) is 0 Å². The van der Waals surface area contributed by atoms with Crippen LogP contribution in [0.1, 0.15) is 13.3 Å². The second-order valence-electron chi connectivity index (χ2n) is 1.94. The second kappa shape index (κ2) is 2.31. The van der Waals surface area contributed by atoms with Crippen LogP contribution in [0.5, 0.6) is 0 Å². The summed E-state index contributed by atoms with van der Waals surface area (Å²) < 4.78 is 0.873. The molecule has 0 aliphatic carbocycles. The van der Waals surface area contributed by atoms with Gasteiger partial charge >= 0.3 is 0 Å². The Kier molecular flexibility index (Phi) is 1.92. The SMILES string of the molecule is CCC(I)C1CN1. The lowest BCUT2D eigenvalue weighted by molar-refractivity contribution is 0.827. The molecular formula is C5H10IN. The smallest absolute Gasteiger partial charge is 0.0311 e. The van der Waals surface area contributed by atoms with Crippen LogP contribution < -0.4 is 5.32 Å². The van der Waals surface area contributed by atoms with E-state index in [2.05, 4.69) is 34.8 Å². The number of hydrogen-bond acceptors (Lipinski definition) is 1. The Morgan fingerprint density at radius 1 is 2.00 bits per heavy atom. The summed E-state index contributed by atoms with van der Waals surface area (Å²) in [5.74, 6) is 0. The fourth-order valence-corrected chi connectivity index (χ4v) is 1.12. The topological polar surface area (TPSA) is 21.9 Å². The zero-order chi connectivity index (χ0) is 5.28. The van der Waals surface area contributed by atoms with E-state index in [0.29, 0.717) is 0 Å². The van der Waals surface area contributed by atoms with E-state index in [1.807, 2.05) is 0 Å². The van der Waals surface area contributed by atoms with Crippen molar-refractivity contribution in [3.05, 3.63) is 0 Å². The monoisotopic (exact) mass is 211 g/mol. The highest BCUT2D eigenvalue weighted by Gasteiger charge is 2.26. The van der Waals surface area contributed by atoms with E-state index < -0.39 is 0 Å². The van der Waals surface area contributed by atoms with Gasteiger partial charge in [-0.3, -0.25) is 0 Å². The maximum atomic E-state index is 3.28. The van der Waals surface area contributed by atoms with E-state index in [1.54, 1.807) is 0 Å². The number of nitrogens with one attached hydrogen (secondary N) is 1. The quantitative estimate of drug-likeness (QED) is 0.413. The first-order valence-electron chi connectivity index (χ1n) is 2.72.